The van der Waals surface area contributed by atoms with Gasteiger partial charge in [0.15, 0.2) is 0 Å². The number of hydrogen-bond donors (Lipinski definition) is 2. The largest absolute Gasteiger partial charge is 0.444 e. The molecule has 0 fully saturated rings. The molecular formula is C20H23FN2O3. The third-order valence-corrected chi connectivity index (χ3v) is 3.51. The maximum atomic E-state index is 12.9. The lowest BCUT2D eigenvalue weighted by Crippen LogP contribution is -2.34. The average molecular weight is 358 g/mol. The molecule has 0 spiro atoms. The smallest absolute Gasteiger partial charge is 0.408 e. The first kappa shape index (κ1) is 19.4. The molecule has 0 saturated heterocycles. The zero-order valence-electron chi connectivity index (χ0n) is 15.3. The van der Waals surface area contributed by atoms with Crippen molar-refractivity contribution in [3.63, 3.8) is 0 Å². The standard InChI is InChI=1S/C20H23FN2O3/c1-13(22-19(25)26-20(2,3)4)14-7-11-17(12-8-14)23-18(24)15-5-9-16(21)10-6-15/h5-13H,1-4H3,(H,22,25)(H,23,24). The quantitative estimate of drug-likeness (QED) is 0.835. The van der Waals surface area contributed by atoms with Gasteiger partial charge in [0, 0.05) is 11.3 Å². The molecule has 1 unspecified atom stereocenters. The highest BCUT2D eigenvalue weighted by atomic mass is 19.1. The average Bonchev–Trinajstić information content (AvgIpc) is 2.54. The van der Waals surface area contributed by atoms with Crippen molar-refractivity contribution in [1.29, 1.82) is 0 Å². The zero-order valence-corrected chi connectivity index (χ0v) is 15.3. The van der Waals surface area contributed by atoms with Crippen molar-refractivity contribution in [2.75, 3.05) is 5.32 Å². The number of amides is 2. The van der Waals surface area contributed by atoms with E-state index in [1.165, 1.54) is 24.3 Å². The fourth-order valence-electron chi connectivity index (χ4n) is 2.23. The van der Waals surface area contributed by atoms with Gasteiger partial charge in [0.2, 0.25) is 0 Å². The van der Waals surface area contributed by atoms with Crippen LogP contribution in [-0.4, -0.2) is 17.6 Å². The van der Waals surface area contributed by atoms with Gasteiger partial charge in [-0.3, -0.25) is 4.79 Å². The Hall–Kier alpha value is -2.89. The number of halogens is 1. The number of rotatable bonds is 4. The number of alkyl carbamates (subject to hydrolysis) is 1. The Morgan fingerprint density at radius 3 is 2.12 bits per heavy atom. The Morgan fingerprint density at radius 1 is 1.00 bits per heavy atom. The zero-order chi connectivity index (χ0) is 19.3. The summed E-state index contributed by atoms with van der Waals surface area (Å²) in [5.41, 5.74) is 1.29. The van der Waals surface area contributed by atoms with Crippen molar-refractivity contribution >= 4 is 17.7 Å². The predicted molar refractivity (Wildman–Crippen MR) is 98.6 cm³/mol. The SMILES string of the molecule is CC(NC(=O)OC(C)(C)C)c1ccc(NC(=O)c2ccc(F)cc2)cc1. The van der Waals surface area contributed by atoms with Gasteiger partial charge in [-0.05, 0) is 69.7 Å². The molecule has 0 saturated carbocycles. The van der Waals surface area contributed by atoms with Crippen LogP contribution in [0.25, 0.3) is 0 Å². The maximum absolute atomic E-state index is 12.9. The molecular weight excluding hydrogens is 335 g/mol. The van der Waals surface area contributed by atoms with Crippen LogP contribution in [-0.2, 0) is 4.74 Å². The summed E-state index contributed by atoms with van der Waals surface area (Å²) in [6.07, 6.45) is -0.487. The summed E-state index contributed by atoms with van der Waals surface area (Å²) >= 11 is 0. The number of hydrogen-bond acceptors (Lipinski definition) is 3. The molecule has 0 radical (unpaired) electrons. The second-order valence-corrected chi connectivity index (χ2v) is 6.95. The van der Waals surface area contributed by atoms with Crippen molar-refractivity contribution in [3.8, 4) is 0 Å². The summed E-state index contributed by atoms with van der Waals surface area (Å²) in [5, 5.41) is 5.50. The lowest BCUT2D eigenvalue weighted by molar-refractivity contribution is 0.0508. The van der Waals surface area contributed by atoms with E-state index >= 15 is 0 Å². The molecule has 2 aromatic carbocycles. The number of nitrogens with one attached hydrogen (secondary N) is 2. The summed E-state index contributed by atoms with van der Waals surface area (Å²) < 4.78 is 18.1. The van der Waals surface area contributed by atoms with Gasteiger partial charge < -0.3 is 15.4 Å². The molecule has 2 N–H and O–H groups in total. The Morgan fingerprint density at radius 2 is 1.58 bits per heavy atom. The van der Waals surface area contributed by atoms with Gasteiger partial charge in [-0.2, -0.15) is 0 Å². The Kier molecular flexibility index (Phi) is 5.97. The molecule has 26 heavy (non-hydrogen) atoms. The minimum Gasteiger partial charge on any atom is -0.444 e. The van der Waals surface area contributed by atoms with Crippen LogP contribution in [0.15, 0.2) is 48.5 Å². The van der Waals surface area contributed by atoms with Crippen LogP contribution >= 0.6 is 0 Å². The van der Waals surface area contributed by atoms with E-state index in [0.717, 1.165) is 5.56 Å². The number of anilines is 1. The Balaban J connectivity index is 1.96. The van der Waals surface area contributed by atoms with Gasteiger partial charge in [0.1, 0.15) is 11.4 Å². The van der Waals surface area contributed by atoms with Crippen molar-refractivity contribution in [2.24, 2.45) is 0 Å². The van der Waals surface area contributed by atoms with Crippen LogP contribution in [0.4, 0.5) is 14.9 Å². The lowest BCUT2D eigenvalue weighted by atomic mass is 10.1. The summed E-state index contributed by atoms with van der Waals surface area (Å²) in [5.74, 6) is -0.713. The summed E-state index contributed by atoms with van der Waals surface area (Å²) in [4.78, 5) is 23.9. The molecule has 2 aromatic rings. The molecule has 0 heterocycles. The molecule has 2 rings (SSSR count). The van der Waals surface area contributed by atoms with Crippen LogP contribution in [0, 0.1) is 5.82 Å². The highest BCUT2D eigenvalue weighted by Gasteiger charge is 2.18. The van der Waals surface area contributed by atoms with E-state index in [-0.39, 0.29) is 11.9 Å². The minimum atomic E-state index is -0.557. The first-order valence-electron chi connectivity index (χ1n) is 8.30. The topological polar surface area (TPSA) is 67.4 Å². The van der Waals surface area contributed by atoms with E-state index in [9.17, 15) is 14.0 Å². The molecule has 0 aliphatic carbocycles. The second-order valence-electron chi connectivity index (χ2n) is 6.95. The maximum Gasteiger partial charge on any atom is 0.408 e. The molecule has 138 valence electrons. The summed E-state index contributed by atoms with van der Waals surface area (Å²) in [6.45, 7) is 7.25. The van der Waals surface area contributed by atoms with Crippen molar-refractivity contribution in [2.45, 2.75) is 39.3 Å². The molecule has 0 bridgehead atoms. The van der Waals surface area contributed by atoms with Crippen molar-refractivity contribution < 1.29 is 18.7 Å². The van der Waals surface area contributed by atoms with Crippen LogP contribution in [0.3, 0.4) is 0 Å². The third kappa shape index (κ3) is 5.88. The fraction of sp³-hybridized carbons (Fsp3) is 0.300. The Labute approximate surface area is 152 Å². The predicted octanol–water partition coefficient (Wildman–Crippen LogP) is 4.66. The molecule has 5 nitrogen and oxygen atoms in total. The van der Waals surface area contributed by atoms with E-state index in [2.05, 4.69) is 10.6 Å². The van der Waals surface area contributed by atoms with Gasteiger partial charge in [0.05, 0.1) is 6.04 Å². The number of ether oxygens (including phenoxy) is 1. The molecule has 2 amide bonds. The van der Waals surface area contributed by atoms with E-state index in [1.807, 2.05) is 19.1 Å². The first-order chi connectivity index (χ1) is 12.1. The number of carbonyl (C=O) groups is 2. The van der Waals surface area contributed by atoms with Gasteiger partial charge in [-0.15, -0.1) is 0 Å². The number of carbonyl (C=O) groups excluding carboxylic acids is 2. The minimum absolute atomic E-state index is 0.244. The lowest BCUT2D eigenvalue weighted by Gasteiger charge is -2.22. The summed E-state index contributed by atoms with van der Waals surface area (Å²) in [6, 6.07) is 12.2. The van der Waals surface area contributed by atoms with E-state index in [1.54, 1.807) is 32.9 Å². The molecule has 0 aliphatic heterocycles. The van der Waals surface area contributed by atoms with Crippen LogP contribution in [0.2, 0.25) is 0 Å². The summed E-state index contributed by atoms with van der Waals surface area (Å²) in [7, 11) is 0. The van der Waals surface area contributed by atoms with Crippen molar-refractivity contribution in [1.82, 2.24) is 5.32 Å². The Bertz CT molecular complexity index is 765. The van der Waals surface area contributed by atoms with Crippen LogP contribution in [0.5, 0.6) is 0 Å². The highest BCUT2D eigenvalue weighted by molar-refractivity contribution is 6.04. The third-order valence-electron chi connectivity index (χ3n) is 3.51. The molecule has 6 heteroatoms. The monoisotopic (exact) mass is 358 g/mol. The number of benzene rings is 2. The molecule has 1 atom stereocenters. The van der Waals surface area contributed by atoms with Crippen LogP contribution in [0.1, 0.15) is 49.7 Å². The second kappa shape index (κ2) is 7.99. The highest BCUT2D eigenvalue weighted by Crippen LogP contribution is 2.18. The van der Waals surface area contributed by atoms with Gasteiger partial charge in [0.25, 0.3) is 5.91 Å². The van der Waals surface area contributed by atoms with E-state index in [0.29, 0.717) is 11.3 Å². The van der Waals surface area contributed by atoms with Gasteiger partial charge in [-0.25, -0.2) is 9.18 Å². The molecule has 0 aromatic heterocycles. The van der Waals surface area contributed by atoms with E-state index in [4.69, 9.17) is 4.74 Å². The van der Waals surface area contributed by atoms with Gasteiger partial charge in [-0.1, -0.05) is 12.1 Å². The van der Waals surface area contributed by atoms with Crippen molar-refractivity contribution in [3.05, 3.63) is 65.5 Å². The van der Waals surface area contributed by atoms with E-state index < -0.39 is 17.5 Å². The normalized spacial score (nSPS) is 12.2. The fourth-order valence-corrected chi connectivity index (χ4v) is 2.23. The van der Waals surface area contributed by atoms with Crippen LogP contribution < -0.4 is 10.6 Å². The molecule has 0 aliphatic rings. The first-order valence-corrected chi connectivity index (χ1v) is 8.30. The van der Waals surface area contributed by atoms with Gasteiger partial charge >= 0.3 is 6.09 Å².